The van der Waals surface area contributed by atoms with Crippen molar-refractivity contribution >= 4 is 57.4 Å². The fourth-order valence-corrected chi connectivity index (χ4v) is 9.82. The predicted octanol–water partition coefficient (Wildman–Crippen LogP) is 6.39. The highest BCUT2D eigenvalue weighted by atomic mass is 19.1. The van der Waals surface area contributed by atoms with Crippen LogP contribution in [0.4, 0.5) is 15.8 Å². The van der Waals surface area contributed by atoms with Gasteiger partial charge in [0, 0.05) is 94.3 Å². The minimum Gasteiger partial charge on any atom is -0.371 e. The second-order valence-electron chi connectivity index (χ2n) is 17.6. The highest BCUT2D eigenvalue weighted by Crippen LogP contribution is 2.49. The first-order valence-electron chi connectivity index (χ1n) is 21.5. The highest BCUT2D eigenvalue weighted by Gasteiger charge is 2.50. The zero-order chi connectivity index (χ0) is 43.4. The van der Waals surface area contributed by atoms with E-state index in [-0.39, 0.29) is 48.0 Å². The number of hydrogen-bond donors (Lipinski definition) is 2. The minimum atomic E-state index is -0.850. The summed E-state index contributed by atoms with van der Waals surface area (Å²) < 4.78 is 18.4. The molecule has 0 spiro atoms. The van der Waals surface area contributed by atoms with Crippen molar-refractivity contribution in [2.45, 2.75) is 76.3 Å². The fourth-order valence-electron chi connectivity index (χ4n) is 9.82. The van der Waals surface area contributed by atoms with Crippen LogP contribution >= 0.6 is 0 Å². The Morgan fingerprint density at radius 2 is 1.69 bits per heavy atom. The second kappa shape index (κ2) is 16.0. The number of H-pyrrole nitrogens is 1. The van der Waals surface area contributed by atoms with E-state index >= 15 is 4.39 Å². The number of piperidine rings is 2. The van der Waals surface area contributed by atoms with Crippen molar-refractivity contribution in [2.24, 2.45) is 0 Å². The van der Waals surface area contributed by atoms with Gasteiger partial charge in [0.1, 0.15) is 11.7 Å². The van der Waals surface area contributed by atoms with Crippen molar-refractivity contribution in [2.75, 3.05) is 50.1 Å². The van der Waals surface area contributed by atoms with Crippen LogP contribution < -0.4 is 15.1 Å². The van der Waals surface area contributed by atoms with E-state index < -0.39 is 23.2 Å². The maximum Gasteiger partial charge on any atom is 0.269 e. The Bertz CT molecular complexity index is 2640. The first-order valence-corrected chi connectivity index (χ1v) is 21.5. The Kier molecular flexibility index (Phi) is 10.6. The van der Waals surface area contributed by atoms with Gasteiger partial charge in [0.2, 0.25) is 23.6 Å². The van der Waals surface area contributed by atoms with Gasteiger partial charge >= 0.3 is 0 Å². The summed E-state index contributed by atoms with van der Waals surface area (Å²) in [5.74, 6) is -1.33. The van der Waals surface area contributed by atoms with E-state index in [0.717, 1.165) is 59.6 Å². The summed E-state index contributed by atoms with van der Waals surface area (Å²) in [5.41, 5.74) is 6.32. The summed E-state index contributed by atoms with van der Waals surface area (Å²) in [6.07, 6.45) is 8.67. The lowest BCUT2D eigenvalue weighted by atomic mass is 9.83. The van der Waals surface area contributed by atoms with Crippen molar-refractivity contribution in [1.29, 1.82) is 0 Å². The Labute approximate surface area is 359 Å². The van der Waals surface area contributed by atoms with Crippen molar-refractivity contribution < 1.29 is 28.4 Å². The van der Waals surface area contributed by atoms with Gasteiger partial charge in [-0.2, -0.15) is 5.10 Å². The number of nitrogens with zero attached hydrogens (tertiary/aromatic N) is 6. The summed E-state index contributed by atoms with van der Waals surface area (Å²) in [5, 5.41) is 7.23. The van der Waals surface area contributed by atoms with Crippen LogP contribution in [0.5, 0.6) is 0 Å². The summed E-state index contributed by atoms with van der Waals surface area (Å²) in [6.45, 7) is 6.68. The van der Waals surface area contributed by atoms with Gasteiger partial charge in [-0.3, -0.25) is 38.9 Å². The Balaban J connectivity index is 0.956. The average molecular weight is 839 g/mol. The van der Waals surface area contributed by atoms with Crippen LogP contribution in [0, 0.1) is 5.82 Å². The molecule has 5 amide bonds. The molecule has 0 bridgehead atoms. The lowest BCUT2D eigenvalue weighted by molar-refractivity contribution is -0.136. The molecule has 6 heterocycles. The first-order chi connectivity index (χ1) is 29.8. The van der Waals surface area contributed by atoms with Crippen LogP contribution in [-0.4, -0.2) is 100 Å². The molecule has 2 fully saturated rings. The highest BCUT2D eigenvalue weighted by molar-refractivity contribution is 6.15. The predicted molar refractivity (Wildman–Crippen MR) is 235 cm³/mol. The molecular formula is C48H51FN8O5. The molecule has 2 saturated heterocycles. The summed E-state index contributed by atoms with van der Waals surface area (Å²) in [4.78, 5) is 75.5. The van der Waals surface area contributed by atoms with E-state index in [9.17, 15) is 24.0 Å². The second-order valence-corrected chi connectivity index (χ2v) is 17.6. The first kappa shape index (κ1) is 40.8. The number of hydrogen-bond acceptors (Lipinski definition) is 7. The van der Waals surface area contributed by atoms with Crippen molar-refractivity contribution in [1.82, 2.24) is 29.9 Å². The van der Waals surface area contributed by atoms with E-state index in [4.69, 9.17) is 0 Å². The van der Waals surface area contributed by atoms with Crippen molar-refractivity contribution in [3.05, 3.63) is 107 Å². The number of benzene rings is 3. The largest absolute Gasteiger partial charge is 0.371 e. The molecule has 1 unspecified atom stereocenters. The maximum absolute atomic E-state index is 16.7. The van der Waals surface area contributed by atoms with Gasteiger partial charge in [0.25, 0.3) is 5.91 Å². The van der Waals surface area contributed by atoms with Crippen LogP contribution in [0.3, 0.4) is 0 Å². The number of aromatic nitrogens is 3. The molecule has 0 aliphatic carbocycles. The van der Waals surface area contributed by atoms with Crippen LogP contribution in [0.1, 0.15) is 85.5 Å². The minimum absolute atomic E-state index is 0.0176. The van der Waals surface area contributed by atoms with Crippen molar-refractivity contribution in [3.8, 4) is 11.1 Å². The molecule has 5 aromatic rings. The molecule has 62 heavy (non-hydrogen) atoms. The molecule has 2 aromatic heterocycles. The van der Waals surface area contributed by atoms with Gasteiger partial charge in [0.05, 0.1) is 16.6 Å². The van der Waals surface area contributed by atoms with Gasteiger partial charge in [-0.05, 0) is 98.0 Å². The number of rotatable bonds is 9. The van der Waals surface area contributed by atoms with Crippen LogP contribution in [0.15, 0.2) is 79.1 Å². The number of carbonyl (C=O) groups is 5. The quantitative estimate of drug-likeness (QED) is 0.164. The zero-order valence-electron chi connectivity index (χ0n) is 35.5. The van der Waals surface area contributed by atoms with Crippen LogP contribution in [0.25, 0.3) is 27.6 Å². The standard InChI is InChI=1S/C48H51FN8O5/c1-48(2)42-37(9-5-10-38(42)57(47(48)62)39-15-16-40(58)52-45(39)60)54-23-17-30(18-24-54)29-11-13-31(14-12-29)33-26-34(43(49)44-35(33)27-36(51-44)46(61)53(3)4)32-8-6-21-55(28-32)41(59)19-25-56-22-7-20-50-56/h5,7-14,20,22,26-27,30,39,51H,6,15-19,21,23-25,28H2,1-4H3,(H,52,58,60). The molecule has 1 atom stereocenters. The molecule has 13 nitrogen and oxygen atoms in total. The maximum atomic E-state index is 16.7. The summed E-state index contributed by atoms with van der Waals surface area (Å²) in [7, 11) is 3.33. The van der Waals surface area contributed by atoms with Gasteiger partial charge in [-0.1, -0.05) is 36.4 Å². The zero-order valence-corrected chi connectivity index (χ0v) is 35.5. The van der Waals surface area contributed by atoms with E-state index in [1.807, 2.05) is 50.4 Å². The number of imide groups is 1. The normalized spacial score (nSPS) is 19.2. The monoisotopic (exact) mass is 838 g/mol. The number of aryl methyl sites for hydroxylation is 1. The summed E-state index contributed by atoms with van der Waals surface area (Å²) in [6, 6.07) is 19.0. The Morgan fingerprint density at radius 3 is 2.40 bits per heavy atom. The lowest BCUT2D eigenvalue weighted by Gasteiger charge is -2.36. The SMILES string of the molecule is CN(C)C(=O)c1cc2c(-c3ccc(C4CCN(c5cccc6c5C(C)(C)C(=O)N6C5CCC(=O)NC5=O)CC4)cc3)cc(C3=CCCN(C(=O)CCn4cccn4)C3)c(F)c2[nH]1. The lowest BCUT2D eigenvalue weighted by Crippen LogP contribution is -2.55. The van der Waals surface area contributed by atoms with E-state index in [1.165, 1.54) is 10.5 Å². The van der Waals surface area contributed by atoms with Gasteiger partial charge in [-0.25, -0.2) is 4.39 Å². The van der Waals surface area contributed by atoms with Gasteiger partial charge in [-0.15, -0.1) is 0 Å². The molecule has 320 valence electrons. The summed E-state index contributed by atoms with van der Waals surface area (Å²) >= 11 is 0. The third-order valence-corrected chi connectivity index (χ3v) is 13.2. The molecule has 4 aliphatic rings. The molecule has 14 heteroatoms. The van der Waals surface area contributed by atoms with E-state index in [0.29, 0.717) is 49.0 Å². The Hall–Kier alpha value is -6.57. The smallest absolute Gasteiger partial charge is 0.269 e. The topological polar surface area (TPSA) is 144 Å². The average Bonchev–Trinajstić information content (AvgIpc) is 4.02. The molecule has 0 radical (unpaired) electrons. The number of halogens is 1. The van der Waals surface area contributed by atoms with Gasteiger partial charge in [0.15, 0.2) is 5.82 Å². The number of nitrogens with one attached hydrogen (secondary N) is 2. The number of aromatic amines is 1. The number of carbonyl (C=O) groups excluding carboxylic acids is 5. The fraction of sp³-hybridized carbons (Fsp3) is 0.375. The van der Waals surface area contributed by atoms with Crippen LogP contribution in [0.2, 0.25) is 0 Å². The molecular weight excluding hydrogens is 788 g/mol. The molecule has 0 saturated carbocycles. The molecule has 4 aliphatic heterocycles. The van der Waals surface area contributed by atoms with Crippen molar-refractivity contribution in [3.63, 3.8) is 0 Å². The number of fused-ring (bicyclic) bond motifs is 2. The number of amides is 5. The molecule has 9 rings (SSSR count). The van der Waals surface area contributed by atoms with E-state index in [2.05, 4.69) is 50.6 Å². The van der Waals surface area contributed by atoms with E-state index in [1.54, 1.807) is 40.8 Å². The van der Waals surface area contributed by atoms with Crippen LogP contribution in [-0.2, 0) is 31.1 Å². The molecule has 3 aromatic carbocycles. The third kappa shape index (κ3) is 7.24. The Morgan fingerprint density at radius 1 is 0.935 bits per heavy atom. The number of anilines is 2. The third-order valence-electron chi connectivity index (χ3n) is 13.2. The van der Waals surface area contributed by atoms with Gasteiger partial charge < -0.3 is 19.7 Å². The molecule has 2 N–H and O–H groups in total.